The molecule has 1 heterocycles. The SMILES string of the molecule is CC.CC1(C)c2ccccc2-c2cc(-c3ccc4c(c3)-c3cc(B5OC(C)(C)C(C)(C)O5)ccc3C4(C)C)ccc21. The largest absolute Gasteiger partial charge is 0.494 e. The Morgan fingerprint density at radius 1 is 0.463 bits per heavy atom. The van der Waals surface area contributed by atoms with E-state index in [-0.39, 0.29) is 29.2 Å². The van der Waals surface area contributed by atoms with Gasteiger partial charge in [0.15, 0.2) is 0 Å². The van der Waals surface area contributed by atoms with Gasteiger partial charge in [-0.2, -0.15) is 0 Å². The standard InChI is InChI=1S/C36H37BO2.C2H6/c1-33(2)29-12-10-9-11-25(29)26-19-22(13-16-30(26)33)23-14-17-31-27(20-23)28-21-24(15-18-32(28)34(31,3)4)37-38-35(5,6)36(7,8)39-37;1-2/h9-21H,1-8H3;1-2H3. The Morgan fingerprint density at radius 2 is 0.878 bits per heavy atom. The van der Waals surface area contributed by atoms with Gasteiger partial charge in [-0.3, -0.25) is 0 Å². The van der Waals surface area contributed by atoms with Crippen LogP contribution in [0, 0.1) is 0 Å². The highest BCUT2D eigenvalue weighted by Crippen LogP contribution is 2.52. The van der Waals surface area contributed by atoms with E-state index < -0.39 is 0 Å². The molecular weight excluding hydrogens is 499 g/mol. The maximum absolute atomic E-state index is 6.41. The zero-order valence-electron chi connectivity index (χ0n) is 26.4. The van der Waals surface area contributed by atoms with Crippen molar-refractivity contribution >= 4 is 12.6 Å². The van der Waals surface area contributed by atoms with Crippen molar-refractivity contribution < 1.29 is 9.31 Å². The molecule has 3 aliphatic rings. The van der Waals surface area contributed by atoms with E-state index in [0.29, 0.717) is 0 Å². The molecule has 2 nitrogen and oxygen atoms in total. The maximum atomic E-state index is 6.41. The lowest BCUT2D eigenvalue weighted by Gasteiger charge is -2.32. The normalized spacial score (nSPS) is 19.5. The molecule has 4 aromatic carbocycles. The van der Waals surface area contributed by atoms with Crippen LogP contribution in [0.4, 0.5) is 0 Å². The van der Waals surface area contributed by atoms with E-state index in [9.17, 15) is 0 Å². The van der Waals surface area contributed by atoms with Crippen molar-refractivity contribution in [2.75, 3.05) is 0 Å². The van der Waals surface area contributed by atoms with E-state index in [1.807, 2.05) is 13.8 Å². The summed E-state index contributed by atoms with van der Waals surface area (Å²) in [5.41, 5.74) is 13.7. The van der Waals surface area contributed by atoms with E-state index >= 15 is 0 Å². The molecule has 2 aliphatic carbocycles. The molecule has 210 valence electrons. The van der Waals surface area contributed by atoms with Gasteiger partial charge in [0, 0.05) is 10.8 Å². The molecule has 0 N–H and O–H groups in total. The molecule has 3 heteroatoms. The molecule has 0 bridgehead atoms. The van der Waals surface area contributed by atoms with Gasteiger partial charge in [0.05, 0.1) is 11.2 Å². The highest BCUT2D eigenvalue weighted by molar-refractivity contribution is 6.62. The molecule has 7 rings (SSSR count). The van der Waals surface area contributed by atoms with E-state index in [1.54, 1.807) is 0 Å². The Balaban J connectivity index is 0.00000148. The van der Waals surface area contributed by atoms with Crippen LogP contribution in [-0.4, -0.2) is 18.3 Å². The van der Waals surface area contributed by atoms with Crippen molar-refractivity contribution in [3.8, 4) is 33.4 Å². The molecule has 1 fully saturated rings. The lowest BCUT2D eigenvalue weighted by Crippen LogP contribution is -2.41. The van der Waals surface area contributed by atoms with Gasteiger partial charge in [0.25, 0.3) is 0 Å². The summed E-state index contributed by atoms with van der Waals surface area (Å²) in [7, 11) is -0.365. The Kier molecular flexibility index (Phi) is 6.27. The van der Waals surface area contributed by atoms with Crippen molar-refractivity contribution in [3.05, 3.63) is 101 Å². The molecule has 0 radical (unpaired) electrons. The van der Waals surface area contributed by atoms with E-state index in [1.165, 1.54) is 55.6 Å². The van der Waals surface area contributed by atoms with Crippen molar-refractivity contribution in [1.82, 2.24) is 0 Å². The van der Waals surface area contributed by atoms with Crippen LogP contribution in [-0.2, 0) is 20.1 Å². The highest BCUT2D eigenvalue weighted by atomic mass is 16.7. The summed E-state index contributed by atoms with van der Waals surface area (Å²) in [6.45, 7) is 21.8. The fraction of sp³-hybridized carbons (Fsp3) is 0.368. The third-order valence-corrected chi connectivity index (χ3v) is 10.1. The first kappa shape index (κ1) is 28.0. The molecule has 4 aromatic rings. The molecule has 1 saturated heterocycles. The van der Waals surface area contributed by atoms with Crippen LogP contribution in [0.15, 0.2) is 78.9 Å². The van der Waals surface area contributed by atoms with Crippen LogP contribution in [0.2, 0.25) is 0 Å². The molecule has 0 amide bonds. The quantitative estimate of drug-likeness (QED) is 0.235. The van der Waals surface area contributed by atoms with E-state index in [4.69, 9.17) is 9.31 Å². The predicted molar refractivity (Wildman–Crippen MR) is 174 cm³/mol. The molecule has 41 heavy (non-hydrogen) atoms. The fourth-order valence-electron chi connectivity index (χ4n) is 6.99. The first-order valence-electron chi connectivity index (χ1n) is 15.2. The number of hydrogen-bond acceptors (Lipinski definition) is 2. The van der Waals surface area contributed by atoms with Crippen molar-refractivity contribution in [2.24, 2.45) is 0 Å². The minimum absolute atomic E-state index is 0.0231. The Hall–Kier alpha value is -3.14. The minimum atomic E-state index is -0.365. The summed E-state index contributed by atoms with van der Waals surface area (Å²) in [4.78, 5) is 0. The van der Waals surface area contributed by atoms with Crippen LogP contribution in [0.3, 0.4) is 0 Å². The van der Waals surface area contributed by atoms with Gasteiger partial charge in [0.2, 0.25) is 0 Å². The van der Waals surface area contributed by atoms with Gasteiger partial charge in [0.1, 0.15) is 0 Å². The van der Waals surface area contributed by atoms with Crippen molar-refractivity contribution in [2.45, 2.75) is 91.3 Å². The lowest BCUT2D eigenvalue weighted by molar-refractivity contribution is 0.00578. The molecule has 0 saturated carbocycles. The van der Waals surface area contributed by atoms with Crippen LogP contribution in [0.25, 0.3) is 33.4 Å². The number of rotatable bonds is 2. The first-order chi connectivity index (χ1) is 19.3. The summed E-state index contributed by atoms with van der Waals surface area (Å²) in [6.07, 6.45) is 0. The van der Waals surface area contributed by atoms with Crippen molar-refractivity contribution in [3.63, 3.8) is 0 Å². The Bertz CT molecular complexity index is 1660. The van der Waals surface area contributed by atoms with E-state index in [2.05, 4.69) is 134 Å². The zero-order valence-corrected chi connectivity index (χ0v) is 26.4. The van der Waals surface area contributed by atoms with Crippen LogP contribution in [0.5, 0.6) is 0 Å². The average molecular weight is 543 g/mol. The second kappa shape index (κ2) is 9.18. The number of benzene rings is 4. The smallest absolute Gasteiger partial charge is 0.399 e. The first-order valence-corrected chi connectivity index (χ1v) is 15.2. The number of fused-ring (bicyclic) bond motifs is 6. The second-order valence-electron chi connectivity index (χ2n) is 13.7. The third-order valence-electron chi connectivity index (χ3n) is 10.1. The third kappa shape index (κ3) is 4.00. The molecule has 0 unspecified atom stereocenters. The summed E-state index contributed by atoms with van der Waals surface area (Å²) >= 11 is 0. The van der Waals surface area contributed by atoms with Crippen molar-refractivity contribution in [1.29, 1.82) is 0 Å². The van der Waals surface area contributed by atoms with Gasteiger partial charge >= 0.3 is 7.12 Å². The summed E-state index contributed by atoms with van der Waals surface area (Å²) in [5.74, 6) is 0. The highest BCUT2D eigenvalue weighted by Gasteiger charge is 2.52. The maximum Gasteiger partial charge on any atom is 0.494 e. The van der Waals surface area contributed by atoms with Gasteiger partial charge in [-0.25, -0.2) is 0 Å². The fourth-order valence-corrected chi connectivity index (χ4v) is 6.99. The monoisotopic (exact) mass is 542 g/mol. The molecule has 1 aliphatic heterocycles. The van der Waals surface area contributed by atoms with Gasteiger partial charge < -0.3 is 9.31 Å². The Morgan fingerprint density at radius 3 is 1.41 bits per heavy atom. The summed E-state index contributed by atoms with van der Waals surface area (Å²) in [5, 5.41) is 0. The van der Waals surface area contributed by atoms with E-state index in [0.717, 1.165) is 5.46 Å². The predicted octanol–water partition coefficient (Wildman–Crippen LogP) is 9.29. The second-order valence-corrected chi connectivity index (χ2v) is 13.7. The molecule has 0 aromatic heterocycles. The molecule has 0 atom stereocenters. The van der Waals surface area contributed by atoms with Crippen LogP contribution < -0.4 is 5.46 Å². The lowest BCUT2D eigenvalue weighted by atomic mass is 9.76. The minimum Gasteiger partial charge on any atom is -0.399 e. The summed E-state index contributed by atoms with van der Waals surface area (Å²) < 4.78 is 12.8. The van der Waals surface area contributed by atoms with Crippen LogP contribution >= 0.6 is 0 Å². The Labute approximate surface area is 247 Å². The zero-order chi connectivity index (χ0) is 29.5. The van der Waals surface area contributed by atoms with Gasteiger partial charge in [-0.15, -0.1) is 0 Å². The van der Waals surface area contributed by atoms with Gasteiger partial charge in [-0.1, -0.05) is 108 Å². The topological polar surface area (TPSA) is 18.5 Å². The van der Waals surface area contributed by atoms with Crippen LogP contribution in [0.1, 0.15) is 91.5 Å². The summed E-state index contributed by atoms with van der Waals surface area (Å²) in [6, 6.07) is 29.7. The van der Waals surface area contributed by atoms with Gasteiger partial charge in [-0.05, 0) is 101 Å². The molecular formula is C38H43BO2. The number of hydrogen-bond donors (Lipinski definition) is 0. The average Bonchev–Trinajstić information content (AvgIpc) is 3.43. The molecule has 0 spiro atoms.